The van der Waals surface area contributed by atoms with Gasteiger partial charge in [0.1, 0.15) is 5.75 Å². The van der Waals surface area contributed by atoms with Gasteiger partial charge < -0.3 is 9.55 Å². The second-order valence-electron chi connectivity index (χ2n) is 8.89. The Morgan fingerprint density at radius 2 is 1.44 bits per heavy atom. The van der Waals surface area contributed by atoms with E-state index in [-0.39, 0.29) is 6.92 Å². The number of para-hydroxylation sites is 3. The number of nitrogens with zero attached hydrogens (tertiary/aromatic N) is 1. The second kappa shape index (κ2) is 6.75. The zero-order chi connectivity index (χ0) is 22.2. The maximum absolute atomic E-state index is 6.75. The molecule has 0 bridgehead atoms. The van der Waals surface area contributed by atoms with Crippen LogP contribution in [-0.2, 0) is 0 Å². The van der Waals surface area contributed by atoms with Gasteiger partial charge in [0, 0.05) is 37.9 Å². The van der Waals surface area contributed by atoms with Crippen molar-refractivity contribution in [1.29, 1.82) is 0 Å². The second-order valence-corrected chi connectivity index (χ2v) is 9.94. The third kappa shape index (κ3) is 2.36. The fourth-order valence-corrected chi connectivity index (χ4v) is 6.87. The summed E-state index contributed by atoms with van der Waals surface area (Å²) in [7, 11) is 0. The van der Waals surface area contributed by atoms with Crippen LogP contribution < -0.4 is 20.5 Å². The van der Waals surface area contributed by atoms with E-state index in [9.17, 15) is 0 Å². The summed E-state index contributed by atoms with van der Waals surface area (Å²) in [5.74, 6) is 0.952. The molecule has 3 heterocycles. The van der Waals surface area contributed by atoms with Gasteiger partial charge in [0.05, 0.1) is 10.4 Å². The molecule has 1 aromatic heterocycles. The summed E-state index contributed by atoms with van der Waals surface area (Å²) < 4.78 is 9.38. The van der Waals surface area contributed by atoms with E-state index in [1.807, 2.05) is 11.3 Å². The van der Waals surface area contributed by atoms with E-state index in [0.29, 0.717) is 0 Å². The van der Waals surface area contributed by atoms with E-state index in [2.05, 4.69) is 114 Å². The summed E-state index contributed by atoms with van der Waals surface area (Å²) in [4.78, 5) is 2.44. The lowest BCUT2D eigenvalue weighted by Gasteiger charge is -2.39. The van der Waals surface area contributed by atoms with Crippen molar-refractivity contribution in [3.8, 4) is 16.9 Å². The molecule has 34 heavy (non-hydrogen) atoms. The van der Waals surface area contributed by atoms with Crippen molar-refractivity contribution in [3.05, 3.63) is 109 Å². The van der Waals surface area contributed by atoms with Crippen molar-refractivity contribution in [2.45, 2.75) is 0 Å². The highest BCUT2D eigenvalue weighted by atomic mass is 32.1. The molecule has 0 atom stereocenters. The summed E-state index contributed by atoms with van der Waals surface area (Å²) in [5.41, 5.74) is 8.50. The van der Waals surface area contributed by atoms with Gasteiger partial charge in [-0.05, 0) is 47.4 Å². The summed E-state index contributed by atoms with van der Waals surface area (Å²) in [6, 6.07) is 39.0. The van der Waals surface area contributed by atoms with Crippen LogP contribution in [0.2, 0.25) is 0 Å². The monoisotopic (exact) mass is 451 g/mol. The molecule has 0 N–H and O–H groups in total. The Morgan fingerprint density at radius 1 is 0.676 bits per heavy atom. The van der Waals surface area contributed by atoms with E-state index in [1.54, 1.807) is 0 Å². The Kier molecular flexibility index (Phi) is 3.66. The summed E-state index contributed by atoms with van der Waals surface area (Å²) in [6.45, 7) is -0.134. The van der Waals surface area contributed by atoms with Crippen LogP contribution in [0.3, 0.4) is 0 Å². The molecule has 158 valence electrons. The first-order chi connectivity index (χ1) is 16.9. The van der Waals surface area contributed by atoms with E-state index in [0.717, 1.165) is 5.75 Å². The SMILES string of the molecule is c1ccc(N2c3ccccc3B3Oc4ccccc4-c4cc5c(sc6ccccc65)c2c43)cc1. The maximum atomic E-state index is 6.75. The molecule has 0 saturated carbocycles. The average Bonchev–Trinajstić information content (AvgIpc) is 3.28. The zero-order valence-electron chi connectivity index (χ0n) is 18.2. The molecular formula is C30H18BNOS. The summed E-state index contributed by atoms with van der Waals surface area (Å²) in [6.07, 6.45) is 0. The summed E-state index contributed by atoms with van der Waals surface area (Å²) >= 11 is 1.88. The Bertz CT molecular complexity index is 1760. The Balaban J connectivity index is 1.60. The molecule has 6 aromatic rings. The van der Waals surface area contributed by atoms with Gasteiger partial charge in [-0.2, -0.15) is 0 Å². The largest absolute Gasteiger partial charge is 0.551 e. The van der Waals surface area contributed by atoms with Crippen LogP contribution in [0.1, 0.15) is 0 Å². The van der Waals surface area contributed by atoms with Gasteiger partial charge in [-0.25, -0.2) is 0 Å². The number of benzene rings is 5. The number of rotatable bonds is 1. The highest BCUT2D eigenvalue weighted by molar-refractivity contribution is 7.26. The molecule has 0 saturated heterocycles. The average molecular weight is 451 g/mol. The highest BCUT2D eigenvalue weighted by Gasteiger charge is 2.43. The quantitative estimate of drug-likeness (QED) is 0.250. The molecule has 0 aliphatic carbocycles. The van der Waals surface area contributed by atoms with Crippen molar-refractivity contribution < 1.29 is 4.65 Å². The van der Waals surface area contributed by atoms with Gasteiger partial charge in [-0.3, -0.25) is 0 Å². The molecule has 5 aromatic carbocycles. The van der Waals surface area contributed by atoms with Crippen LogP contribution in [0.4, 0.5) is 17.1 Å². The Hall–Kier alpha value is -4.02. The van der Waals surface area contributed by atoms with Gasteiger partial charge in [0.25, 0.3) is 0 Å². The molecular weight excluding hydrogens is 433 g/mol. The molecule has 0 fully saturated rings. The van der Waals surface area contributed by atoms with Crippen LogP contribution in [0.5, 0.6) is 5.75 Å². The third-order valence-electron chi connectivity index (χ3n) is 7.07. The first-order valence-corrected chi connectivity index (χ1v) is 12.4. The lowest BCUT2D eigenvalue weighted by Crippen LogP contribution is -2.56. The predicted molar refractivity (Wildman–Crippen MR) is 145 cm³/mol. The first-order valence-electron chi connectivity index (χ1n) is 11.6. The topological polar surface area (TPSA) is 12.5 Å². The van der Waals surface area contributed by atoms with E-state index in [1.165, 1.54) is 59.3 Å². The number of anilines is 3. The maximum Gasteiger partial charge on any atom is 0.431 e. The van der Waals surface area contributed by atoms with Crippen LogP contribution in [-0.4, -0.2) is 6.92 Å². The van der Waals surface area contributed by atoms with Crippen molar-refractivity contribution in [2.24, 2.45) is 0 Å². The van der Waals surface area contributed by atoms with Gasteiger partial charge in [-0.15, -0.1) is 11.3 Å². The molecule has 4 heteroatoms. The van der Waals surface area contributed by atoms with Crippen molar-refractivity contribution >= 4 is 66.4 Å². The normalized spacial score (nSPS) is 13.4. The highest BCUT2D eigenvalue weighted by Crippen LogP contribution is 2.49. The molecule has 2 aliphatic heterocycles. The van der Waals surface area contributed by atoms with Crippen LogP contribution in [0, 0.1) is 0 Å². The number of fused-ring (bicyclic) bond motifs is 8. The summed E-state index contributed by atoms with van der Waals surface area (Å²) in [5, 5.41) is 2.62. The number of hydrogen-bond donors (Lipinski definition) is 0. The van der Waals surface area contributed by atoms with Crippen molar-refractivity contribution in [3.63, 3.8) is 0 Å². The van der Waals surface area contributed by atoms with E-state index < -0.39 is 0 Å². The van der Waals surface area contributed by atoms with Crippen LogP contribution in [0.25, 0.3) is 31.3 Å². The first kappa shape index (κ1) is 18.4. The fraction of sp³-hybridized carbons (Fsp3) is 0. The smallest absolute Gasteiger partial charge is 0.431 e. The third-order valence-corrected chi connectivity index (χ3v) is 8.26. The molecule has 2 aliphatic rings. The minimum atomic E-state index is -0.134. The van der Waals surface area contributed by atoms with E-state index >= 15 is 0 Å². The minimum Gasteiger partial charge on any atom is -0.551 e. The van der Waals surface area contributed by atoms with Gasteiger partial charge >= 0.3 is 6.92 Å². The van der Waals surface area contributed by atoms with Gasteiger partial charge in [0.2, 0.25) is 0 Å². The number of thiophene rings is 1. The van der Waals surface area contributed by atoms with Gasteiger partial charge in [-0.1, -0.05) is 72.8 Å². The minimum absolute atomic E-state index is 0.134. The van der Waals surface area contributed by atoms with Crippen LogP contribution >= 0.6 is 11.3 Å². The van der Waals surface area contributed by atoms with Gasteiger partial charge in [0.15, 0.2) is 0 Å². The lowest BCUT2D eigenvalue weighted by molar-refractivity contribution is 0.590. The van der Waals surface area contributed by atoms with E-state index in [4.69, 9.17) is 4.65 Å². The molecule has 0 radical (unpaired) electrons. The molecule has 0 amide bonds. The predicted octanol–water partition coefficient (Wildman–Crippen LogP) is 7.00. The Labute approximate surface area is 201 Å². The lowest BCUT2D eigenvalue weighted by atomic mass is 9.49. The molecule has 0 spiro atoms. The number of hydrogen-bond acceptors (Lipinski definition) is 3. The van der Waals surface area contributed by atoms with Crippen LogP contribution in [0.15, 0.2) is 109 Å². The Morgan fingerprint density at radius 3 is 2.38 bits per heavy atom. The van der Waals surface area contributed by atoms with Crippen molar-refractivity contribution in [1.82, 2.24) is 0 Å². The zero-order valence-corrected chi connectivity index (χ0v) is 19.0. The molecule has 0 unspecified atom stereocenters. The fourth-order valence-electron chi connectivity index (χ4n) is 5.64. The molecule has 2 nitrogen and oxygen atoms in total. The molecule has 8 rings (SSSR count). The standard InChI is InChI=1S/C30H18BNOS/c1-2-10-19(11-3-1)32-25-15-7-6-14-24(25)31-28-22(20-12-4-8-16-26(20)33-31)18-23-21-13-5-9-17-27(21)34-30(23)29(28)32/h1-18H. The van der Waals surface area contributed by atoms with Crippen molar-refractivity contribution in [2.75, 3.05) is 4.90 Å².